The monoisotopic (exact) mass is 257 g/mol. The molecule has 0 radical (unpaired) electrons. The lowest BCUT2D eigenvalue weighted by Gasteiger charge is -2.23. The summed E-state index contributed by atoms with van der Waals surface area (Å²) in [4.78, 5) is 14.1. The maximum atomic E-state index is 12.4. The van der Waals surface area contributed by atoms with Crippen LogP contribution in [0.25, 0.3) is 0 Å². The first-order valence-electron chi connectivity index (χ1n) is 6.73. The van der Waals surface area contributed by atoms with Gasteiger partial charge in [-0.05, 0) is 43.7 Å². The lowest BCUT2D eigenvalue weighted by molar-refractivity contribution is -0.120. The second-order valence-corrected chi connectivity index (χ2v) is 4.91. The fourth-order valence-electron chi connectivity index (χ4n) is 2.36. The SMILES string of the molecule is CN(C(=O)C1CCCCCN1)c1ccc(C#N)cc1. The van der Waals surface area contributed by atoms with Crippen molar-refractivity contribution >= 4 is 11.6 Å². The fraction of sp³-hybridized carbons (Fsp3) is 0.467. The van der Waals surface area contributed by atoms with E-state index in [-0.39, 0.29) is 11.9 Å². The van der Waals surface area contributed by atoms with Gasteiger partial charge in [0.1, 0.15) is 0 Å². The van der Waals surface area contributed by atoms with E-state index in [1.807, 2.05) is 12.1 Å². The Labute approximate surface area is 114 Å². The summed E-state index contributed by atoms with van der Waals surface area (Å²) in [6.45, 7) is 0.914. The predicted octanol–water partition coefficient (Wildman–Crippen LogP) is 2.05. The van der Waals surface area contributed by atoms with Gasteiger partial charge in [-0.1, -0.05) is 12.8 Å². The number of nitrogens with one attached hydrogen (secondary N) is 1. The summed E-state index contributed by atoms with van der Waals surface area (Å²) in [6, 6.07) is 9.09. The first-order chi connectivity index (χ1) is 9.22. The van der Waals surface area contributed by atoms with E-state index in [2.05, 4.69) is 11.4 Å². The molecule has 1 unspecified atom stereocenters. The molecule has 1 fully saturated rings. The molecule has 0 aromatic heterocycles. The third kappa shape index (κ3) is 3.33. The Morgan fingerprint density at radius 1 is 1.32 bits per heavy atom. The van der Waals surface area contributed by atoms with Gasteiger partial charge in [-0.2, -0.15) is 5.26 Å². The van der Waals surface area contributed by atoms with E-state index >= 15 is 0 Å². The summed E-state index contributed by atoms with van der Waals surface area (Å²) < 4.78 is 0. The lowest BCUT2D eigenvalue weighted by atomic mass is 10.1. The molecule has 19 heavy (non-hydrogen) atoms. The van der Waals surface area contributed by atoms with Gasteiger partial charge in [0.05, 0.1) is 17.7 Å². The van der Waals surface area contributed by atoms with Crippen LogP contribution < -0.4 is 10.2 Å². The molecular weight excluding hydrogens is 238 g/mol. The van der Waals surface area contributed by atoms with Gasteiger partial charge >= 0.3 is 0 Å². The molecule has 2 rings (SSSR count). The van der Waals surface area contributed by atoms with Gasteiger partial charge in [-0.15, -0.1) is 0 Å². The van der Waals surface area contributed by atoms with E-state index in [1.54, 1.807) is 24.1 Å². The third-order valence-corrected chi connectivity index (χ3v) is 3.57. The van der Waals surface area contributed by atoms with Crippen LogP contribution in [0, 0.1) is 11.3 Å². The summed E-state index contributed by atoms with van der Waals surface area (Å²) in [5, 5.41) is 12.1. The highest BCUT2D eigenvalue weighted by Gasteiger charge is 2.23. The number of amides is 1. The van der Waals surface area contributed by atoms with Gasteiger partial charge < -0.3 is 10.2 Å². The van der Waals surface area contributed by atoms with Crippen LogP contribution in [0.4, 0.5) is 5.69 Å². The zero-order valence-corrected chi connectivity index (χ0v) is 11.2. The Morgan fingerprint density at radius 2 is 2.05 bits per heavy atom. The van der Waals surface area contributed by atoms with Crippen LogP contribution in [0.1, 0.15) is 31.2 Å². The molecule has 1 aliphatic rings. The highest BCUT2D eigenvalue weighted by molar-refractivity contribution is 5.96. The first kappa shape index (κ1) is 13.6. The van der Waals surface area contributed by atoms with Crippen LogP contribution in [0.2, 0.25) is 0 Å². The zero-order chi connectivity index (χ0) is 13.7. The highest BCUT2D eigenvalue weighted by Crippen LogP contribution is 2.17. The van der Waals surface area contributed by atoms with E-state index in [9.17, 15) is 4.79 Å². The molecule has 0 bridgehead atoms. The molecule has 1 aromatic carbocycles. The molecule has 0 aliphatic carbocycles. The maximum Gasteiger partial charge on any atom is 0.243 e. The normalized spacial score (nSPS) is 19.3. The fourth-order valence-corrected chi connectivity index (χ4v) is 2.36. The van der Waals surface area contributed by atoms with E-state index in [0.717, 1.165) is 31.5 Å². The molecule has 4 heteroatoms. The van der Waals surface area contributed by atoms with Gasteiger partial charge in [-0.25, -0.2) is 0 Å². The van der Waals surface area contributed by atoms with E-state index < -0.39 is 0 Å². The van der Waals surface area contributed by atoms with Crippen LogP contribution in [-0.2, 0) is 4.79 Å². The number of hydrogen-bond acceptors (Lipinski definition) is 3. The van der Waals surface area contributed by atoms with Gasteiger partial charge in [-0.3, -0.25) is 4.79 Å². The number of anilines is 1. The smallest absolute Gasteiger partial charge is 0.243 e. The summed E-state index contributed by atoms with van der Waals surface area (Å²) in [6.07, 6.45) is 4.34. The van der Waals surface area contributed by atoms with Crippen LogP contribution in [-0.4, -0.2) is 25.5 Å². The summed E-state index contributed by atoms with van der Waals surface area (Å²) in [5.41, 5.74) is 1.44. The molecular formula is C15H19N3O. The third-order valence-electron chi connectivity index (χ3n) is 3.57. The Balaban J connectivity index is 2.06. The number of nitrogens with zero attached hydrogens (tertiary/aromatic N) is 2. The van der Waals surface area contributed by atoms with Crippen LogP contribution in [0.3, 0.4) is 0 Å². The number of carbonyl (C=O) groups excluding carboxylic acids is 1. The van der Waals surface area contributed by atoms with Gasteiger partial charge in [0.15, 0.2) is 0 Å². The van der Waals surface area contributed by atoms with Crippen molar-refractivity contribution in [3.8, 4) is 6.07 Å². The highest BCUT2D eigenvalue weighted by atomic mass is 16.2. The maximum absolute atomic E-state index is 12.4. The second-order valence-electron chi connectivity index (χ2n) is 4.91. The number of carbonyl (C=O) groups is 1. The summed E-state index contributed by atoms with van der Waals surface area (Å²) in [7, 11) is 1.79. The van der Waals surface area contributed by atoms with Crippen molar-refractivity contribution in [2.24, 2.45) is 0 Å². The molecule has 1 aliphatic heterocycles. The molecule has 1 heterocycles. The van der Waals surface area contributed by atoms with Gasteiger partial charge in [0.25, 0.3) is 0 Å². The molecule has 1 amide bonds. The predicted molar refractivity (Wildman–Crippen MR) is 74.8 cm³/mol. The van der Waals surface area contributed by atoms with Crippen molar-refractivity contribution in [2.75, 3.05) is 18.5 Å². The van der Waals surface area contributed by atoms with Crippen LogP contribution >= 0.6 is 0 Å². The first-order valence-corrected chi connectivity index (χ1v) is 6.73. The number of benzene rings is 1. The molecule has 0 spiro atoms. The summed E-state index contributed by atoms with van der Waals surface area (Å²) in [5.74, 6) is 0.103. The van der Waals surface area contributed by atoms with Crippen molar-refractivity contribution in [1.82, 2.24) is 5.32 Å². The zero-order valence-electron chi connectivity index (χ0n) is 11.2. The van der Waals surface area contributed by atoms with E-state index in [0.29, 0.717) is 5.56 Å². The Hall–Kier alpha value is -1.86. The Kier molecular flexibility index (Phi) is 4.53. The van der Waals surface area contributed by atoms with Crippen molar-refractivity contribution in [2.45, 2.75) is 31.7 Å². The van der Waals surface area contributed by atoms with Gasteiger partial charge in [0, 0.05) is 12.7 Å². The standard InChI is InChI=1S/C15H19N3O/c1-18(13-8-6-12(11-16)7-9-13)15(19)14-5-3-2-4-10-17-14/h6-9,14,17H,2-5,10H2,1H3. The minimum absolute atomic E-state index is 0.0804. The second kappa shape index (κ2) is 6.35. The van der Waals surface area contributed by atoms with Gasteiger partial charge in [0.2, 0.25) is 5.91 Å². The molecule has 0 saturated carbocycles. The van der Waals surface area contributed by atoms with Crippen molar-refractivity contribution in [3.05, 3.63) is 29.8 Å². The minimum Gasteiger partial charge on any atom is -0.314 e. The molecule has 1 aromatic rings. The number of nitriles is 1. The largest absolute Gasteiger partial charge is 0.314 e. The lowest BCUT2D eigenvalue weighted by Crippen LogP contribution is -2.44. The molecule has 4 nitrogen and oxygen atoms in total. The average Bonchev–Trinajstić information content (AvgIpc) is 2.75. The number of rotatable bonds is 2. The minimum atomic E-state index is -0.0804. The quantitative estimate of drug-likeness (QED) is 0.882. The molecule has 1 N–H and O–H groups in total. The van der Waals surface area contributed by atoms with Crippen molar-refractivity contribution in [1.29, 1.82) is 5.26 Å². The summed E-state index contributed by atoms with van der Waals surface area (Å²) >= 11 is 0. The average molecular weight is 257 g/mol. The Bertz CT molecular complexity index is 467. The topological polar surface area (TPSA) is 56.1 Å². The number of likely N-dealkylation sites (N-methyl/N-ethyl adjacent to an activating group) is 1. The molecule has 1 atom stereocenters. The van der Waals surface area contributed by atoms with E-state index in [4.69, 9.17) is 5.26 Å². The van der Waals surface area contributed by atoms with Crippen LogP contribution in [0.5, 0.6) is 0 Å². The number of hydrogen-bond donors (Lipinski definition) is 1. The van der Waals surface area contributed by atoms with Crippen molar-refractivity contribution < 1.29 is 4.79 Å². The van der Waals surface area contributed by atoms with Crippen LogP contribution in [0.15, 0.2) is 24.3 Å². The molecule has 1 saturated heterocycles. The Morgan fingerprint density at radius 3 is 2.74 bits per heavy atom. The van der Waals surface area contributed by atoms with Crippen molar-refractivity contribution in [3.63, 3.8) is 0 Å². The molecule has 100 valence electrons. The van der Waals surface area contributed by atoms with E-state index in [1.165, 1.54) is 6.42 Å².